The van der Waals surface area contributed by atoms with Gasteiger partial charge in [-0.1, -0.05) is 35.0 Å². The Bertz CT molecular complexity index is 637. The Morgan fingerprint density at radius 1 is 1.30 bits per heavy atom. The van der Waals surface area contributed by atoms with Crippen LogP contribution < -0.4 is 11.1 Å². The molecule has 0 fully saturated rings. The van der Waals surface area contributed by atoms with Crippen LogP contribution >= 0.6 is 35.0 Å². The van der Waals surface area contributed by atoms with Crippen molar-refractivity contribution >= 4 is 52.2 Å². The maximum absolute atomic E-state index is 11.9. The number of rotatable bonds is 4. The minimum absolute atomic E-state index is 0.182. The fourth-order valence-electron chi connectivity index (χ4n) is 1.44. The maximum Gasteiger partial charge on any atom is 0.234 e. The summed E-state index contributed by atoms with van der Waals surface area (Å²) in [5.74, 6) is -0.0220. The molecule has 0 aliphatic carbocycles. The van der Waals surface area contributed by atoms with Crippen molar-refractivity contribution in [2.24, 2.45) is 0 Å². The molecule has 0 radical (unpaired) electrons. The van der Waals surface area contributed by atoms with E-state index in [9.17, 15) is 4.79 Å². The fourth-order valence-corrected chi connectivity index (χ4v) is 2.57. The van der Waals surface area contributed by atoms with Crippen LogP contribution in [0.3, 0.4) is 0 Å². The average molecular weight is 328 g/mol. The number of benzene rings is 1. The van der Waals surface area contributed by atoms with E-state index in [-0.39, 0.29) is 11.7 Å². The number of aromatic nitrogens is 1. The Kier molecular flexibility index (Phi) is 5.11. The highest BCUT2D eigenvalue weighted by atomic mass is 35.5. The molecule has 20 heavy (non-hydrogen) atoms. The first-order chi connectivity index (χ1) is 9.56. The van der Waals surface area contributed by atoms with E-state index >= 15 is 0 Å². The predicted molar refractivity (Wildman–Crippen MR) is 84.5 cm³/mol. The number of hydrogen-bond donors (Lipinski definition) is 2. The standard InChI is InChI=1S/C13H11Cl2N3OS/c14-9-4-3-8(16)6-11(9)18-12(19)7-20-13-10(15)2-1-5-17-13/h1-6H,7,16H2,(H,18,19). The number of carbonyl (C=O) groups excluding carboxylic acids is 1. The van der Waals surface area contributed by atoms with Gasteiger partial charge in [0.25, 0.3) is 0 Å². The summed E-state index contributed by atoms with van der Waals surface area (Å²) in [5.41, 5.74) is 6.67. The van der Waals surface area contributed by atoms with Gasteiger partial charge in [-0.05, 0) is 30.3 Å². The number of thioether (sulfide) groups is 1. The highest BCUT2D eigenvalue weighted by Gasteiger charge is 2.09. The van der Waals surface area contributed by atoms with Gasteiger partial charge in [-0.25, -0.2) is 4.98 Å². The van der Waals surface area contributed by atoms with E-state index in [1.165, 1.54) is 11.8 Å². The van der Waals surface area contributed by atoms with Gasteiger partial charge in [0.15, 0.2) is 0 Å². The average Bonchev–Trinajstić information content (AvgIpc) is 2.42. The molecule has 0 atom stereocenters. The molecule has 2 rings (SSSR count). The van der Waals surface area contributed by atoms with Crippen LogP contribution in [0.25, 0.3) is 0 Å². The monoisotopic (exact) mass is 327 g/mol. The zero-order valence-electron chi connectivity index (χ0n) is 10.3. The van der Waals surface area contributed by atoms with E-state index in [1.807, 2.05) is 0 Å². The molecule has 1 aromatic heterocycles. The molecule has 0 unspecified atom stereocenters. The zero-order valence-corrected chi connectivity index (χ0v) is 12.6. The van der Waals surface area contributed by atoms with E-state index in [1.54, 1.807) is 36.5 Å². The summed E-state index contributed by atoms with van der Waals surface area (Å²) >= 11 is 13.2. The number of nitrogens with two attached hydrogens (primary N) is 1. The number of hydrogen-bond acceptors (Lipinski definition) is 4. The lowest BCUT2D eigenvalue weighted by Crippen LogP contribution is -2.14. The van der Waals surface area contributed by atoms with E-state index in [2.05, 4.69) is 10.3 Å². The molecule has 104 valence electrons. The van der Waals surface area contributed by atoms with E-state index in [4.69, 9.17) is 28.9 Å². The lowest BCUT2D eigenvalue weighted by molar-refractivity contribution is -0.113. The fraction of sp³-hybridized carbons (Fsp3) is 0.0769. The minimum Gasteiger partial charge on any atom is -0.399 e. The number of halogens is 2. The third-order valence-corrected chi connectivity index (χ3v) is 4.08. The van der Waals surface area contributed by atoms with Crippen molar-refractivity contribution in [2.45, 2.75) is 5.03 Å². The second-order valence-corrected chi connectivity index (χ2v) is 5.64. The Morgan fingerprint density at radius 2 is 2.10 bits per heavy atom. The normalized spacial score (nSPS) is 10.3. The molecule has 1 amide bonds. The quantitative estimate of drug-likeness (QED) is 0.663. The summed E-state index contributed by atoms with van der Waals surface area (Å²) in [4.78, 5) is 16.0. The van der Waals surface area contributed by atoms with Gasteiger partial charge in [0.05, 0.1) is 21.5 Å². The van der Waals surface area contributed by atoms with E-state index in [0.717, 1.165) is 0 Å². The number of nitrogens with one attached hydrogen (secondary N) is 1. The number of pyridine rings is 1. The molecule has 0 aliphatic rings. The highest BCUT2D eigenvalue weighted by molar-refractivity contribution is 8.00. The maximum atomic E-state index is 11.9. The van der Waals surface area contributed by atoms with Crippen LogP contribution in [-0.2, 0) is 4.79 Å². The van der Waals surface area contributed by atoms with Crippen LogP contribution in [0.1, 0.15) is 0 Å². The van der Waals surface area contributed by atoms with Crippen LogP contribution in [0.5, 0.6) is 0 Å². The van der Waals surface area contributed by atoms with Gasteiger partial charge in [0.2, 0.25) is 5.91 Å². The molecule has 0 bridgehead atoms. The third-order valence-electron chi connectivity index (χ3n) is 2.33. The summed E-state index contributed by atoms with van der Waals surface area (Å²) in [6, 6.07) is 8.37. The summed E-state index contributed by atoms with van der Waals surface area (Å²) in [7, 11) is 0. The molecule has 0 saturated heterocycles. The van der Waals surface area contributed by atoms with Crippen molar-refractivity contribution in [3.05, 3.63) is 46.6 Å². The van der Waals surface area contributed by atoms with Gasteiger partial charge in [0, 0.05) is 11.9 Å². The predicted octanol–water partition coefficient (Wildman–Crippen LogP) is 3.70. The molecule has 0 saturated carbocycles. The van der Waals surface area contributed by atoms with Crippen molar-refractivity contribution in [3.8, 4) is 0 Å². The van der Waals surface area contributed by atoms with Gasteiger partial charge in [-0.15, -0.1) is 0 Å². The molecule has 0 spiro atoms. The Hall–Kier alpha value is -1.43. The Morgan fingerprint density at radius 3 is 2.85 bits per heavy atom. The molecule has 1 aromatic carbocycles. The van der Waals surface area contributed by atoms with Gasteiger partial charge >= 0.3 is 0 Å². The van der Waals surface area contributed by atoms with Crippen molar-refractivity contribution in [1.82, 2.24) is 4.98 Å². The summed E-state index contributed by atoms with van der Waals surface area (Å²) < 4.78 is 0. The lowest BCUT2D eigenvalue weighted by atomic mass is 10.3. The van der Waals surface area contributed by atoms with E-state index < -0.39 is 0 Å². The molecule has 1 heterocycles. The smallest absolute Gasteiger partial charge is 0.234 e. The second kappa shape index (κ2) is 6.83. The van der Waals surface area contributed by atoms with Crippen LogP contribution in [-0.4, -0.2) is 16.6 Å². The summed E-state index contributed by atoms with van der Waals surface area (Å²) in [6.45, 7) is 0. The first-order valence-corrected chi connectivity index (χ1v) is 7.38. The molecule has 2 aromatic rings. The first-order valence-electron chi connectivity index (χ1n) is 5.64. The molecule has 7 heteroatoms. The molecule has 3 N–H and O–H groups in total. The van der Waals surface area contributed by atoms with Crippen molar-refractivity contribution < 1.29 is 4.79 Å². The first kappa shape index (κ1) is 15.0. The second-order valence-electron chi connectivity index (χ2n) is 3.87. The van der Waals surface area contributed by atoms with Crippen molar-refractivity contribution in [1.29, 1.82) is 0 Å². The van der Waals surface area contributed by atoms with Gasteiger partial charge < -0.3 is 11.1 Å². The Labute approximate surface area is 130 Å². The number of carbonyl (C=O) groups is 1. The molecule has 0 aliphatic heterocycles. The minimum atomic E-state index is -0.204. The van der Waals surface area contributed by atoms with Crippen LogP contribution in [0, 0.1) is 0 Å². The zero-order chi connectivity index (χ0) is 14.5. The molecule has 4 nitrogen and oxygen atoms in total. The molecular weight excluding hydrogens is 317 g/mol. The lowest BCUT2D eigenvalue weighted by Gasteiger charge is -2.08. The Balaban J connectivity index is 1.96. The van der Waals surface area contributed by atoms with Gasteiger partial charge in [-0.3, -0.25) is 4.79 Å². The van der Waals surface area contributed by atoms with Crippen molar-refractivity contribution in [2.75, 3.05) is 16.8 Å². The summed E-state index contributed by atoms with van der Waals surface area (Å²) in [5, 5.41) is 4.27. The van der Waals surface area contributed by atoms with Gasteiger partial charge in [0.1, 0.15) is 5.03 Å². The highest BCUT2D eigenvalue weighted by Crippen LogP contribution is 2.26. The number of nitrogens with zero attached hydrogens (tertiary/aromatic N) is 1. The van der Waals surface area contributed by atoms with Crippen molar-refractivity contribution in [3.63, 3.8) is 0 Å². The van der Waals surface area contributed by atoms with Crippen LogP contribution in [0.15, 0.2) is 41.6 Å². The van der Waals surface area contributed by atoms with E-state index in [0.29, 0.717) is 26.4 Å². The molecular formula is C13H11Cl2N3OS. The largest absolute Gasteiger partial charge is 0.399 e. The number of nitrogen functional groups attached to an aromatic ring is 1. The SMILES string of the molecule is Nc1ccc(Cl)c(NC(=O)CSc2ncccc2Cl)c1. The number of amides is 1. The topological polar surface area (TPSA) is 68.0 Å². The number of anilines is 2. The summed E-state index contributed by atoms with van der Waals surface area (Å²) in [6.07, 6.45) is 1.63. The van der Waals surface area contributed by atoms with Gasteiger partial charge in [-0.2, -0.15) is 0 Å². The third kappa shape index (κ3) is 4.03. The van der Waals surface area contributed by atoms with Crippen LogP contribution in [0.4, 0.5) is 11.4 Å². The van der Waals surface area contributed by atoms with Crippen LogP contribution in [0.2, 0.25) is 10.0 Å².